The molecule has 0 aromatic rings. The van der Waals surface area contributed by atoms with Crippen molar-refractivity contribution in [3.8, 4) is 0 Å². The highest BCUT2D eigenvalue weighted by atomic mass is 19.4. The first-order valence-corrected chi connectivity index (χ1v) is 8.59. The molecule has 0 saturated carbocycles. The van der Waals surface area contributed by atoms with Gasteiger partial charge in [-0.3, -0.25) is 0 Å². The predicted octanol–water partition coefficient (Wildman–Crippen LogP) is 8.53. The van der Waals surface area contributed by atoms with E-state index in [1.54, 1.807) is 0 Å². The van der Waals surface area contributed by atoms with Gasteiger partial charge in [0.15, 0.2) is 0 Å². The lowest BCUT2D eigenvalue weighted by molar-refractivity contribution is -0.388. The molecule has 0 spiro atoms. The van der Waals surface area contributed by atoms with Crippen molar-refractivity contribution in [2.45, 2.75) is 74.6 Å². The Labute approximate surface area is 183 Å². The standard InChI is InChI=1S/C16H12F18O/c1-3-7(5-9(17,18)11(21,22)13(25,26)15(29,30)31)35-8(4-2)6-10(19,20)12(23,24)14(27,28)16(32,33)34/h5-6H,3-4H2,1-2H3. The number of allylic oxidation sites excluding steroid dienone is 4. The van der Waals surface area contributed by atoms with Crippen molar-refractivity contribution in [3.05, 3.63) is 23.7 Å². The van der Waals surface area contributed by atoms with Crippen LogP contribution in [0.15, 0.2) is 23.7 Å². The molecule has 0 aliphatic carbocycles. The molecule has 0 atom stereocenters. The quantitative estimate of drug-likeness (QED) is 0.192. The second kappa shape index (κ2) is 9.48. The van der Waals surface area contributed by atoms with Gasteiger partial charge in [0.05, 0.1) is 0 Å². The van der Waals surface area contributed by atoms with Crippen LogP contribution in [0.3, 0.4) is 0 Å². The van der Waals surface area contributed by atoms with Gasteiger partial charge in [0, 0.05) is 25.0 Å². The first-order chi connectivity index (χ1) is 15.1. The molecule has 0 aliphatic heterocycles. The van der Waals surface area contributed by atoms with E-state index < -0.39 is 84.4 Å². The van der Waals surface area contributed by atoms with Gasteiger partial charge in [0.1, 0.15) is 11.5 Å². The van der Waals surface area contributed by atoms with Gasteiger partial charge in [-0.05, 0) is 0 Å². The highest BCUT2D eigenvalue weighted by Crippen LogP contribution is 2.55. The number of ether oxygens (including phenoxy) is 1. The summed E-state index contributed by atoms with van der Waals surface area (Å²) >= 11 is 0. The summed E-state index contributed by atoms with van der Waals surface area (Å²) in [7, 11) is 0. The van der Waals surface area contributed by atoms with Crippen molar-refractivity contribution in [2.75, 3.05) is 0 Å². The van der Waals surface area contributed by atoms with Crippen molar-refractivity contribution in [2.24, 2.45) is 0 Å². The number of alkyl halides is 18. The van der Waals surface area contributed by atoms with Crippen molar-refractivity contribution in [3.63, 3.8) is 0 Å². The van der Waals surface area contributed by atoms with Crippen LogP contribution in [0, 0.1) is 0 Å². The molecule has 0 amide bonds. The Hall–Kier alpha value is -1.98. The predicted molar refractivity (Wildman–Crippen MR) is 79.6 cm³/mol. The van der Waals surface area contributed by atoms with Crippen LogP contribution in [0.1, 0.15) is 26.7 Å². The first kappa shape index (κ1) is 33.0. The molecule has 0 aromatic carbocycles. The molecule has 0 aliphatic rings. The molecule has 0 bridgehead atoms. The van der Waals surface area contributed by atoms with Crippen molar-refractivity contribution >= 4 is 0 Å². The van der Waals surface area contributed by atoms with E-state index in [1.807, 2.05) is 0 Å². The molecule has 0 fully saturated rings. The summed E-state index contributed by atoms with van der Waals surface area (Å²) in [5.41, 5.74) is 0. The highest BCUT2D eigenvalue weighted by Gasteiger charge is 2.82. The summed E-state index contributed by atoms with van der Waals surface area (Å²) in [5, 5.41) is 0. The third kappa shape index (κ3) is 5.89. The fourth-order valence-electron chi connectivity index (χ4n) is 1.94. The monoisotopic (exact) mass is 562 g/mol. The Bertz CT molecular complexity index is 732. The zero-order valence-corrected chi connectivity index (χ0v) is 16.8. The SMILES string of the molecule is CCC(=CC(F)(F)C(F)(F)C(F)(F)C(F)(F)F)OC(=CC(F)(F)C(F)(F)C(F)(F)C(F)(F)F)CC. The van der Waals surface area contributed by atoms with Crippen molar-refractivity contribution in [1.82, 2.24) is 0 Å². The van der Waals surface area contributed by atoms with Crippen LogP contribution >= 0.6 is 0 Å². The minimum atomic E-state index is -7.36. The number of hydrogen-bond acceptors (Lipinski definition) is 1. The summed E-state index contributed by atoms with van der Waals surface area (Å²) < 4.78 is 236. The molecular formula is C16H12F18O. The summed E-state index contributed by atoms with van der Waals surface area (Å²) in [4.78, 5) is 0. The maximum atomic E-state index is 13.6. The van der Waals surface area contributed by atoms with E-state index in [9.17, 15) is 79.0 Å². The van der Waals surface area contributed by atoms with Gasteiger partial charge >= 0.3 is 47.9 Å². The highest BCUT2D eigenvalue weighted by molar-refractivity contribution is 5.17. The fourth-order valence-corrected chi connectivity index (χ4v) is 1.94. The van der Waals surface area contributed by atoms with E-state index in [4.69, 9.17) is 0 Å². The summed E-state index contributed by atoms with van der Waals surface area (Å²) in [6.07, 6.45) is -19.7. The van der Waals surface area contributed by atoms with Crippen LogP contribution in [0.5, 0.6) is 0 Å². The fraction of sp³-hybridized carbons (Fsp3) is 0.750. The Morgan fingerprint density at radius 2 is 0.686 bits per heavy atom. The lowest BCUT2D eigenvalue weighted by Gasteiger charge is -2.33. The van der Waals surface area contributed by atoms with Gasteiger partial charge in [-0.1, -0.05) is 13.8 Å². The van der Waals surface area contributed by atoms with Gasteiger partial charge in [-0.15, -0.1) is 0 Å². The van der Waals surface area contributed by atoms with Crippen LogP contribution in [0.2, 0.25) is 0 Å². The molecule has 0 N–H and O–H groups in total. The molecule has 0 aromatic heterocycles. The average Bonchev–Trinajstić information content (AvgIpc) is 2.63. The van der Waals surface area contributed by atoms with Crippen LogP contribution in [-0.4, -0.2) is 47.9 Å². The largest absolute Gasteiger partial charge is 0.466 e. The average molecular weight is 562 g/mol. The molecule has 208 valence electrons. The van der Waals surface area contributed by atoms with E-state index in [2.05, 4.69) is 4.74 Å². The minimum absolute atomic E-state index is 0.625. The molecule has 0 saturated heterocycles. The van der Waals surface area contributed by atoms with Crippen LogP contribution in [0.25, 0.3) is 0 Å². The van der Waals surface area contributed by atoms with Crippen LogP contribution in [0.4, 0.5) is 79.0 Å². The van der Waals surface area contributed by atoms with E-state index in [1.165, 1.54) is 0 Å². The normalized spacial score (nSPS) is 16.6. The third-order valence-electron chi connectivity index (χ3n) is 3.98. The molecule has 0 unspecified atom stereocenters. The van der Waals surface area contributed by atoms with Crippen molar-refractivity contribution in [1.29, 1.82) is 0 Å². The van der Waals surface area contributed by atoms with Gasteiger partial charge in [-0.25, -0.2) is 0 Å². The number of rotatable bonds is 10. The Morgan fingerprint density at radius 3 is 0.857 bits per heavy atom. The zero-order chi connectivity index (χ0) is 28.7. The lowest BCUT2D eigenvalue weighted by atomic mass is 10.0. The molecule has 0 rings (SSSR count). The third-order valence-corrected chi connectivity index (χ3v) is 3.98. The van der Waals surface area contributed by atoms with E-state index in [0.717, 1.165) is 0 Å². The topological polar surface area (TPSA) is 9.23 Å². The summed E-state index contributed by atoms with van der Waals surface area (Å²) in [5.74, 6) is -45.7. The smallest absolute Gasteiger partial charge is 0.460 e. The number of halogens is 18. The lowest BCUT2D eigenvalue weighted by Crippen LogP contribution is -2.60. The minimum Gasteiger partial charge on any atom is -0.466 e. The molecular weight excluding hydrogens is 550 g/mol. The second-order valence-corrected chi connectivity index (χ2v) is 6.57. The van der Waals surface area contributed by atoms with Gasteiger partial charge in [-0.2, -0.15) is 79.0 Å². The Morgan fingerprint density at radius 1 is 0.457 bits per heavy atom. The molecule has 0 heterocycles. The van der Waals surface area contributed by atoms with Gasteiger partial charge in [0.25, 0.3) is 0 Å². The van der Waals surface area contributed by atoms with Crippen LogP contribution < -0.4 is 0 Å². The molecule has 35 heavy (non-hydrogen) atoms. The van der Waals surface area contributed by atoms with E-state index in [0.29, 0.717) is 13.8 Å². The zero-order valence-electron chi connectivity index (χ0n) is 16.8. The molecule has 1 nitrogen and oxygen atoms in total. The Kier molecular flexibility index (Phi) is 8.94. The number of hydrogen-bond donors (Lipinski definition) is 0. The second-order valence-electron chi connectivity index (χ2n) is 6.57. The van der Waals surface area contributed by atoms with Crippen molar-refractivity contribution < 1.29 is 83.8 Å². The van der Waals surface area contributed by atoms with E-state index >= 15 is 0 Å². The van der Waals surface area contributed by atoms with E-state index in [-0.39, 0.29) is 0 Å². The Balaban J connectivity index is 6.44. The first-order valence-electron chi connectivity index (χ1n) is 8.59. The summed E-state index contributed by atoms with van der Waals surface area (Å²) in [6.45, 7) is 1.25. The van der Waals surface area contributed by atoms with Crippen LogP contribution in [-0.2, 0) is 4.74 Å². The molecule has 0 radical (unpaired) electrons. The van der Waals surface area contributed by atoms with Gasteiger partial charge < -0.3 is 4.74 Å². The maximum absolute atomic E-state index is 13.6. The summed E-state index contributed by atoms with van der Waals surface area (Å²) in [6, 6.07) is 0. The maximum Gasteiger partial charge on any atom is 0.460 e. The molecule has 19 heteroatoms. The van der Waals surface area contributed by atoms with Gasteiger partial charge in [0.2, 0.25) is 0 Å².